The quantitative estimate of drug-likeness (QED) is 0.759. The van der Waals surface area contributed by atoms with Crippen molar-refractivity contribution in [3.63, 3.8) is 0 Å². The number of nitrogens with one attached hydrogen (secondary N) is 2. The number of hydrogen-bond acceptors (Lipinski definition) is 4. The third-order valence-corrected chi connectivity index (χ3v) is 5.02. The Hall–Kier alpha value is -2.38. The molecule has 0 radical (unpaired) electrons. The van der Waals surface area contributed by atoms with Gasteiger partial charge in [-0.25, -0.2) is 8.42 Å². The van der Waals surface area contributed by atoms with Gasteiger partial charge in [0, 0.05) is 5.56 Å². The maximum atomic E-state index is 12.3. The van der Waals surface area contributed by atoms with Crippen molar-refractivity contribution in [1.29, 1.82) is 0 Å². The number of carbonyl (C=O) groups is 1. The molecule has 1 amide bonds. The van der Waals surface area contributed by atoms with Crippen LogP contribution in [0.15, 0.2) is 53.4 Å². The molecule has 2 aromatic carbocycles. The highest BCUT2D eigenvalue weighted by atomic mass is 32.2. The van der Waals surface area contributed by atoms with Crippen LogP contribution in [-0.2, 0) is 15.4 Å². The Bertz CT molecular complexity index is 852. The van der Waals surface area contributed by atoms with Gasteiger partial charge >= 0.3 is 0 Å². The van der Waals surface area contributed by atoms with Crippen LogP contribution in [0.25, 0.3) is 0 Å². The first-order valence-electron chi connectivity index (χ1n) is 8.29. The van der Waals surface area contributed by atoms with Gasteiger partial charge in [-0.1, -0.05) is 32.9 Å². The average Bonchev–Trinajstić information content (AvgIpc) is 2.60. The molecule has 6 nitrogen and oxygen atoms in total. The normalized spacial score (nSPS) is 11.8. The fourth-order valence-electron chi connectivity index (χ4n) is 2.25. The van der Waals surface area contributed by atoms with Crippen LogP contribution >= 0.6 is 0 Å². The maximum absolute atomic E-state index is 12.3. The predicted molar refractivity (Wildman–Crippen MR) is 101 cm³/mol. The minimum Gasteiger partial charge on any atom is -0.494 e. The lowest BCUT2D eigenvalue weighted by Gasteiger charge is -2.19. The van der Waals surface area contributed by atoms with Crippen molar-refractivity contribution in [2.75, 3.05) is 6.61 Å². The van der Waals surface area contributed by atoms with Crippen LogP contribution in [0.2, 0.25) is 0 Å². The third-order valence-electron chi connectivity index (χ3n) is 3.76. The molecule has 0 aliphatic rings. The standard InChI is InChI=1S/C19H24N2O4S/c1-5-25-16-10-12-17(13-11-16)26(23,24)21-20-18(22)14-6-8-15(9-7-14)19(2,3)4/h6-13,21H,5H2,1-4H3,(H,20,22). The second-order valence-corrected chi connectivity index (χ2v) is 8.47. The van der Waals surface area contributed by atoms with E-state index in [4.69, 9.17) is 4.74 Å². The van der Waals surface area contributed by atoms with Gasteiger partial charge in [-0.3, -0.25) is 10.2 Å². The minimum absolute atomic E-state index is 0.0236. The molecule has 0 saturated heterocycles. The summed E-state index contributed by atoms with van der Waals surface area (Å²) in [6, 6.07) is 13.0. The van der Waals surface area contributed by atoms with Crippen LogP contribution < -0.4 is 15.0 Å². The zero-order valence-electron chi connectivity index (χ0n) is 15.4. The van der Waals surface area contributed by atoms with Gasteiger partial charge in [0.1, 0.15) is 5.75 Å². The Morgan fingerprint density at radius 1 is 1.00 bits per heavy atom. The molecule has 0 fully saturated rings. The molecule has 0 aromatic heterocycles. The van der Waals surface area contributed by atoms with Gasteiger partial charge in [-0.05, 0) is 54.3 Å². The first-order chi connectivity index (χ1) is 12.1. The number of amides is 1. The molecule has 0 saturated carbocycles. The molecule has 7 heteroatoms. The summed E-state index contributed by atoms with van der Waals surface area (Å²) in [5, 5.41) is 0. The van der Waals surface area contributed by atoms with Crippen LogP contribution in [0.4, 0.5) is 0 Å². The summed E-state index contributed by atoms with van der Waals surface area (Å²) in [5.41, 5.74) is 3.66. The van der Waals surface area contributed by atoms with Crippen molar-refractivity contribution in [2.24, 2.45) is 0 Å². The average molecular weight is 376 g/mol. The molecular formula is C19H24N2O4S. The highest BCUT2D eigenvalue weighted by Crippen LogP contribution is 2.22. The smallest absolute Gasteiger partial charge is 0.266 e. The van der Waals surface area contributed by atoms with Gasteiger partial charge in [0.15, 0.2) is 0 Å². The first-order valence-corrected chi connectivity index (χ1v) is 9.77. The van der Waals surface area contributed by atoms with E-state index in [9.17, 15) is 13.2 Å². The molecule has 0 heterocycles. The molecule has 0 aliphatic heterocycles. The molecule has 0 aliphatic carbocycles. The number of hydrogen-bond donors (Lipinski definition) is 2. The van der Waals surface area contributed by atoms with E-state index in [1.54, 1.807) is 24.3 Å². The number of hydrazine groups is 1. The Kier molecular flexibility index (Phi) is 6.05. The molecule has 140 valence electrons. The summed E-state index contributed by atoms with van der Waals surface area (Å²) in [6.07, 6.45) is 0. The van der Waals surface area contributed by atoms with Crippen molar-refractivity contribution in [3.8, 4) is 5.75 Å². The van der Waals surface area contributed by atoms with Crippen molar-refractivity contribution in [1.82, 2.24) is 10.3 Å². The largest absolute Gasteiger partial charge is 0.494 e. The highest BCUT2D eigenvalue weighted by molar-refractivity contribution is 7.89. The topological polar surface area (TPSA) is 84.5 Å². The van der Waals surface area contributed by atoms with E-state index in [2.05, 4.69) is 31.0 Å². The Labute approximate surface area is 154 Å². The van der Waals surface area contributed by atoms with Gasteiger partial charge in [0.2, 0.25) is 0 Å². The summed E-state index contributed by atoms with van der Waals surface area (Å²) >= 11 is 0. The molecule has 0 unspecified atom stereocenters. The van der Waals surface area contributed by atoms with E-state index >= 15 is 0 Å². The second kappa shape index (κ2) is 7.88. The van der Waals surface area contributed by atoms with E-state index in [0.717, 1.165) is 5.56 Å². The maximum Gasteiger partial charge on any atom is 0.266 e. The van der Waals surface area contributed by atoms with E-state index in [1.165, 1.54) is 12.1 Å². The van der Waals surface area contributed by atoms with E-state index < -0.39 is 15.9 Å². The number of benzene rings is 2. The van der Waals surface area contributed by atoms with Gasteiger partial charge in [0.05, 0.1) is 11.5 Å². The van der Waals surface area contributed by atoms with Gasteiger partial charge < -0.3 is 4.74 Å². The number of sulfonamides is 1. The molecular weight excluding hydrogens is 352 g/mol. The van der Waals surface area contributed by atoms with Gasteiger partial charge in [0.25, 0.3) is 15.9 Å². The van der Waals surface area contributed by atoms with Crippen molar-refractivity contribution in [3.05, 3.63) is 59.7 Å². The lowest BCUT2D eigenvalue weighted by atomic mass is 9.87. The SMILES string of the molecule is CCOc1ccc(S(=O)(=O)NNC(=O)c2ccc(C(C)(C)C)cc2)cc1. The summed E-state index contributed by atoms with van der Waals surface area (Å²) < 4.78 is 29.8. The van der Waals surface area contributed by atoms with Gasteiger partial charge in [-0.15, -0.1) is 4.83 Å². The fourth-order valence-corrected chi connectivity index (χ4v) is 3.09. The van der Waals surface area contributed by atoms with E-state index in [0.29, 0.717) is 17.9 Å². The summed E-state index contributed by atoms with van der Waals surface area (Å²) in [5.74, 6) is 0.0504. The van der Waals surface area contributed by atoms with Crippen molar-refractivity contribution < 1.29 is 17.9 Å². The minimum atomic E-state index is -3.86. The highest BCUT2D eigenvalue weighted by Gasteiger charge is 2.17. The number of ether oxygens (including phenoxy) is 1. The van der Waals surface area contributed by atoms with Crippen LogP contribution in [-0.4, -0.2) is 20.9 Å². The molecule has 2 N–H and O–H groups in total. The fraction of sp³-hybridized carbons (Fsp3) is 0.316. The molecule has 0 spiro atoms. The van der Waals surface area contributed by atoms with Crippen LogP contribution in [0.1, 0.15) is 43.6 Å². The lowest BCUT2D eigenvalue weighted by molar-refractivity contribution is 0.0945. The Morgan fingerprint density at radius 2 is 1.58 bits per heavy atom. The van der Waals surface area contributed by atoms with E-state index in [-0.39, 0.29) is 10.3 Å². The molecule has 0 bridgehead atoms. The van der Waals surface area contributed by atoms with E-state index in [1.807, 2.05) is 19.1 Å². The number of rotatable bonds is 6. The lowest BCUT2D eigenvalue weighted by Crippen LogP contribution is -2.41. The first kappa shape index (κ1) is 19.9. The Balaban J connectivity index is 2.03. The molecule has 0 atom stereocenters. The van der Waals surface area contributed by atoms with Crippen LogP contribution in [0, 0.1) is 0 Å². The third kappa shape index (κ3) is 5.06. The van der Waals surface area contributed by atoms with Crippen LogP contribution in [0.3, 0.4) is 0 Å². The predicted octanol–water partition coefficient (Wildman–Crippen LogP) is 3.01. The van der Waals surface area contributed by atoms with Crippen molar-refractivity contribution in [2.45, 2.75) is 38.0 Å². The monoisotopic (exact) mass is 376 g/mol. The van der Waals surface area contributed by atoms with Crippen molar-refractivity contribution >= 4 is 15.9 Å². The zero-order valence-corrected chi connectivity index (χ0v) is 16.2. The summed E-state index contributed by atoms with van der Waals surface area (Å²) in [6.45, 7) is 8.57. The molecule has 2 rings (SSSR count). The van der Waals surface area contributed by atoms with Gasteiger partial charge in [-0.2, -0.15) is 0 Å². The summed E-state index contributed by atoms with van der Waals surface area (Å²) in [4.78, 5) is 14.3. The number of carbonyl (C=O) groups excluding carboxylic acids is 1. The second-order valence-electron chi connectivity index (χ2n) is 6.79. The molecule has 26 heavy (non-hydrogen) atoms. The van der Waals surface area contributed by atoms with Crippen LogP contribution in [0.5, 0.6) is 5.75 Å². The molecule has 2 aromatic rings. The Morgan fingerprint density at radius 3 is 2.08 bits per heavy atom. The summed E-state index contributed by atoms with van der Waals surface area (Å²) in [7, 11) is -3.86. The zero-order chi connectivity index (χ0) is 19.4.